The summed E-state index contributed by atoms with van der Waals surface area (Å²) in [5.41, 5.74) is 3.78. The topological polar surface area (TPSA) is 42.0 Å². The zero-order valence-corrected chi connectivity index (χ0v) is 17.2. The molecule has 0 spiro atoms. The van der Waals surface area contributed by atoms with Gasteiger partial charge in [-0.2, -0.15) is 0 Å². The molecule has 1 amide bonds. The average Bonchev–Trinajstić information content (AvgIpc) is 3.39. The third-order valence-electron chi connectivity index (χ3n) is 5.11. The van der Waals surface area contributed by atoms with Crippen LogP contribution in [0.1, 0.15) is 40.0 Å². The molecular formula is C22H21FN2OS2. The van der Waals surface area contributed by atoms with E-state index in [4.69, 9.17) is 0 Å². The molecule has 1 aromatic heterocycles. The number of nitrogens with one attached hydrogen (secondary N) is 1. The summed E-state index contributed by atoms with van der Waals surface area (Å²) < 4.78 is 14.2. The molecule has 0 radical (unpaired) electrons. The summed E-state index contributed by atoms with van der Waals surface area (Å²) in [6, 6.07) is 14.4. The van der Waals surface area contributed by atoms with Crippen molar-refractivity contribution in [3.63, 3.8) is 0 Å². The lowest BCUT2D eigenvalue weighted by atomic mass is 9.95. The minimum Gasteiger partial charge on any atom is -0.351 e. The molecule has 3 nitrogen and oxygen atoms in total. The van der Waals surface area contributed by atoms with Gasteiger partial charge in [0.15, 0.2) is 0 Å². The fourth-order valence-electron chi connectivity index (χ4n) is 3.27. The molecule has 0 saturated heterocycles. The van der Waals surface area contributed by atoms with Crippen molar-refractivity contribution in [1.82, 2.24) is 10.3 Å². The fourth-order valence-corrected chi connectivity index (χ4v) is 5.13. The Morgan fingerprint density at radius 3 is 2.64 bits per heavy atom. The van der Waals surface area contributed by atoms with E-state index >= 15 is 0 Å². The largest absolute Gasteiger partial charge is 0.351 e. The maximum atomic E-state index is 13.2. The first kappa shape index (κ1) is 19.2. The predicted molar refractivity (Wildman–Crippen MR) is 112 cm³/mol. The molecule has 1 N–H and O–H groups in total. The molecule has 1 aliphatic carbocycles. The highest BCUT2D eigenvalue weighted by atomic mass is 32.2. The van der Waals surface area contributed by atoms with Crippen molar-refractivity contribution in [2.75, 3.05) is 6.54 Å². The molecule has 0 aliphatic heterocycles. The number of rotatable bonds is 7. The van der Waals surface area contributed by atoms with Gasteiger partial charge in [0, 0.05) is 34.4 Å². The summed E-state index contributed by atoms with van der Waals surface area (Å²) in [7, 11) is 0. The van der Waals surface area contributed by atoms with Gasteiger partial charge in [0.2, 0.25) is 0 Å². The smallest absolute Gasteiger partial charge is 0.251 e. The average molecular weight is 413 g/mol. The number of carbonyl (C=O) groups excluding carboxylic acids is 1. The molecule has 1 aliphatic rings. The van der Waals surface area contributed by atoms with Gasteiger partial charge in [-0.1, -0.05) is 42.1 Å². The number of halogens is 1. The summed E-state index contributed by atoms with van der Waals surface area (Å²) in [4.78, 5) is 17.3. The Morgan fingerprint density at radius 2 is 1.96 bits per heavy atom. The van der Waals surface area contributed by atoms with Crippen molar-refractivity contribution >= 4 is 29.0 Å². The van der Waals surface area contributed by atoms with Crippen molar-refractivity contribution in [2.24, 2.45) is 0 Å². The predicted octanol–water partition coefficient (Wildman–Crippen LogP) is 5.34. The van der Waals surface area contributed by atoms with Gasteiger partial charge in [-0.3, -0.25) is 4.79 Å². The number of thioether (sulfide) groups is 1. The maximum absolute atomic E-state index is 13.2. The highest BCUT2D eigenvalue weighted by Gasteiger charge is 2.44. The summed E-state index contributed by atoms with van der Waals surface area (Å²) in [6.07, 6.45) is 2.03. The van der Waals surface area contributed by atoms with E-state index in [1.807, 2.05) is 48.7 Å². The number of nitrogens with zero attached hydrogens (tertiary/aromatic N) is 1. The molecule has 1 fully saturated rings. The van der Waals surface area contributed by atoms with Gasteiger partial charge >= 0.3 is 0 Å². The first-order chi connectivity index (χ1) is 13.6. The van der Waals surface area contributed by atoms with E-state index in [1.165, 1.54) is 12.1 Å². The van der Waals surface area contributed by atoms with Crippen LogP contribution in [-0.4, -0.2) is 17.4 Å². The molecule has 0 atom stereocenters. The highest BCUT2D eigenvalue weighted by Crippen LogP contribution is 2.47. The first-order valence-electron chi connectivity index (χ1n) is 9.23. The van der Waals surface area contributed by atoms with Crippen LogP contribution in [0.25, 0.3) is 0 Å². The van der Waals surface area contributed by atoms with E-state index in [-0.39, 0.29) is 17.1 Å². The number of hydrogen-bond acceptors (Lipinski definition) is 4. The van der Waals surface area contributed by atoms with Crippen LogP contribution in [0.2, 0.25) is 0 Å². The molecule has 2 aromatic carbocycles. The van der Waals surface area contributed by atoms with Gasteiger partial charge in [-0.15, -0.1) is 11.3 Å². The summed E-state index contributed by atoms with van der Waals surface area (Å²) in [5, 5.41) is 5.14. The molecule has 144 valence electrons. The number of thiazole rings is 1. The van der Waals surface area contributed by atoms with Crippen molar-refractivity contribution in [3.8, 4) is 0 Å². The number of aromatic nitrogens is 1. The molecule has 0 bridgehead atoms. The van der Waals surface area contributed by atoms with Crippen LogP contribution < -0.4 is 5.32 Å². The van der Waals surface area contributed by atoms with Gasteiger partial charge in [0.25, 0.3) is 5.91 Å². The standard InChI is InChI=1S/C22H21FN2OS2/c1-15-12-27-21(25-15)28-13-16-4-2-3-5-19(16)20(26)24-14-22(10-11-22)17-6-8-18(23)9-7-17/h2-9,12H,10-11,13-14H2,1H3,(H,24,26). The minimum absolute atomic E-state index is 0.0501. The maximum Gasteiger partial charge on any atom is 0.251 e. The van der Waals surface area contributed by atoms with Gasteiger partial charge in [0.1, 0.15) is 10.2 Å². The Kier molecular flexibility index (Phi) is 5.51. The summed E-state index contributed by atoms with van der Waals surface area (Å²) in [5.74, 6) is 0.421. The second kappa shape index (κ2) is 8.05. The van der Waals surface area contributed by atoms with Crippen LogP contribution in [0.5, 0.6) is 0 Å². The Labute approximate surface area is 172 Å². The van der Waals surface area contributed by atoms with E-state index in [1.54, 1.807) is 23.1 Å². The lowest BCUT2D eigenvalue weighted by molar-refractivity contribution is 0.0949. The lowest BCUT2D eigenvalue weighted by Crippen LogP contribution is -2.32. The Balaban J connectivity index is 1.41. The van der Waals surface area contributed by atoms with E-state index in [2.05, 4.69) is 10.3 Å². The Morgan fingerprint density at radius 1 is 1.21 bits per heavy atom. The summed E-state index contributed by atoms with van der Waals surface area (Å²) >= 11 is 3.28. The molecule has 6 heteroatoms. The number of carbonyl (C=O) groups is 1. The second-order valence-corrected chi connectivity index (χ2v) is 9.25. The zero-order valence-electron chi connectivity index (χ0n) is 15.6. The molecule has 1 saturated carbocycles. The van der Waals surface area contributed by atoms with Crippen molar-refractivity contribution in [2.45, 2.75) is 35.3 Å². The van der Waals surface area contributed by atoms with E-state index in [0.29, 0.717) is 17.9 Å². The van der Waals surface area contributed by atoms with Crippen LogP contribution in [0.15, 0.2) is 58.3 Å². The van der Waals surface area contributed by atoms with Crippen LogP contribution in [0, 0.1) is 12.7 Å². The van der Waals surface area contributed by atoms with Gasteiger partial charge in [0.05, 0.1) is 0 Å². The van der Waals surface area contributed by atoms with Crippen LogP contribution >= 0.6 is 23.1 Å². The van der Waals surface area contributed by atoms with Crippen LogP contribution in [-0.2, 0) is 11.2 Å². The van der Waals surface area contributed by atoms with Gasteiger partial charge in [-0.25, -0.2) is 9.37 Å². The monoisotopic (exact) mass is 412 g/mol. The van der Waals surface area contributed by atoms with Gasteiger partial charge < -0.3 is 5.32 Å². The number of benzene rings is 2. The van der Waals surface area contributed by atoms with E-state index in [0.717, 1.165) is 34.0 Å². The fraction of sp³-hybridized carbons (Fsp3) is 0.273. The summed E-state index contributed by atoms with van der Waals surface area (Å²) in [6.45, 7) is 2.56. The molecule has 28 heavy (non-hydrogen) atoms. The zero-order chi connectivity index (χ0) is 19.6. The lowest BCUT2D eigenvalue weighted by Gasteiger charge is -2.17. The SMILES string of the molecule is Cc1csc(SCc2ccccc2C(=O)NCC2(c3ccc(F)cc3)CC2)n1. The van der Waals surface area contributed by atoms with E-state index < -0.39 is 0 Å². The molecule has 3 aromatic rings. The van der Waals surface area contributed by atoms with Crippen LogP contribution in [0.3, 0.4) is 0 Å². The third kappa shape index (κ3) is 4.28. The Hall–Kier alpha value is -2.18. The molecule has 0 unspecified atom stereocenters. The highest BCUT2D eigenvalue weighted by molar-refractivity contribution is 8.00. The van der Waals surface area contributed by atoms with Crippen molar-refractivity contribution in [1.29, 1.82) is 0 Å². The normalized spacial score (nSPS) is 14.6. The van der Waals surface area contributed by atoms with Crippen molar-refractivity contribution in [3.05, 3.63) is 82.1 Å². The first-order valence-corrected chi connectivity index (χ1v) is 11.1. The molecular weight excluding hydrogens is 391 g/mol. The van der Waals surface area contributed by atoms with Crippen molar-refractivity contribution < 1.29 is 9.18 Å². The minimum atomic E-state index is -0.231. The third-order valence-corrected chi connectivity index (χ3v) is 7.30. The second-order valence-electron chi connectivity index (χ2n) is 7.17. The van der Waals surface area contributed by atoms with Crippen LogP contribution in [0.4, 0.5) is 4.39 Å². The molecule has 4 rings (SSSR count). The number of aryl methyl sites for hydroxylation is 1. The Bertz CT molecular complexity index is 980. The van der Waals surface area contributed by atoms with Gasteiger partial charge in [-0.05, 0) is 49.1 Å². The quantitative estimate of drug-likeness (QED) is 0.532. The number of hydrogen-bond donors (Lipinski definition) is 1. The number of amides is 1. The van der Waals surface area contributed by atoms with E-state index in [9.17, 15) is 9.18 Å². The molecule has 1 heterocycles.